The van der Waals surface area contributed by atoms with Gasteiger partial charge in [0.15, 0.2) is 0 Å². The van der Waals surface area contributed by atoms with Gasteiger partial charge in [-0.2, -0.15) is 4.98 Å². The average molecular weight is 462 g/mol. The van der Waals surface area contributed by atoms with Crippen LogP contribution in [-0.4, -0.2) is 29.7 Å². The van der Waals surface area contributed by atoms with Crippen molar-refractivity contribution in [2.75, 3.05) is 18.6 Å². The highest BCUT2D eigenvalue weighted by Crippen LogP contribution is 2.33. The van der Waals surface area contributed by atoms with E-state index in [-0.39, 0.29) is 11.8 Å². The molecule has 0 spiro atoms. The van der Waals surface area contributed by atoms with Crippen molar-refractivity contribution in [2.24, 2.45) is 0 Å². The first-order valence-corrected chi connectivity index (χ1v) is 10.8. The standard InChI is InChI=1S/C25H20ClN3O4/c1-31-20-9-11-22(12-10-20)32-21-7-5-16(6-8-21)24-27-25(33-28-24)17-13-23(30)29(15-17)19-4-2-3-18(26)14-19/h2-12,14,17H,13,15H2,1H3/t17-/m1/s1. The van der Waals surface area contributed by atoms with Gasteiger partial charge in [-0.1, -0.05) is 22.8 Å². The fourth-order valence-corrected chi connectivity index (χ4v) is 3.92. The Morgan fingerprint density at radius 1 is 1.00 bits per heavy atom. The van der Waals surface area contributed by atoms with Crippen molar-refractivity contribution in [3.63, 3.8) is 0 Å². The lowest BCUT2D eigenvalue weighted by Gasteiger charge is -2.16. The lowest BCUT2D eigenvalue weighted by Crippen LogP contribution is -2.24. The monoisotopic (exact) mass is 461 g/mol. The molecule has 1 saturated heterocycles. The van der Waals surface area contributed by atoms with Crippen molar-refractivity contribution in [3.8, 4) is 28.6 Å². The van der Waals surface area contributed by atoms with Gasteiger partial charge in [-0.05, 0) is 66.7 Å². The van der Waals surface area contributed by atoms with Crippen LogP contribution in [0.5, 0.6) is 17.2 Å². The number of rotatable bonds is 6. The minimum atomic E-state index is -0.171. The van der Waals surface area contributed by atoms with E-state index in [9.17, 15) is 4.79 Å². The van der Waals surface area contributed by atoms with Crippen molar-refractivity contribution in [2.45, 2.75) is 12.3 Å². The number of carbonyl (C=O) groups is 1. The Kier molecular flexibility index (Phi) is 5.71. The smallest absolute Gasteiger partial charge is 0.232 e. The Bertz CT molecular complexity index is 1270. The minimum absolute atomic E-state index is 0.00190. The van der Waals surface area contributed by atoms with E-state index in [1.165, 1.54) is 0 Å². The summed E-state index contributed by atoms with van der Waals surface area (Å²) in [5, 5.41) is 4.70. The second kappa shape index (κ2) is 8.96. The molecule has 1 aliphatic rings. The number of ether oxygens (including phenoxy) is 2. The number of nitrogens with zero attached hydrogens (tertiary/aromatic N) is 3. The Morgan fingerprint density at radius 2 is 1.70 bits per heavy atom. The maximum absolute atomic E-state index is 12.5. The van der Waals surface area contributed by atoms with Gasteiger partial charge in [-0.25, -0.2) is 0 Å². The van der Waals surface area contributed by atoms with Gasteiger partial charge in [-0.15, -0.1) is 0 Å². The molecule has 0 saturated carbocycles. The predicted octanol–water partition coefficient (Wildman–Crippen LogP) is 5.71. The predicted molar refractivity (Wildman–Crippen MR) is 124 cm³/mol. The summed E-state index contributed by atoms with van der Waals surface area (Å²) >= 11 is 6.07. The van der Waals surface area contributed by atoms with Crippen LogP contribution in [0.3, 0.4) is 0 Å². The van der Waals surface area contributed by atoms with E-state index in [1.807, 2.05) is 60.7 Å². The Balaban J connectivity index is 1.27. The van der Waals surface area contributed by atoms with Crippen LogP contribution in [0.4, 0.5) is 5.69 Å². The Morgan fingerprint density at radius 3 is 2.39 bits per heavy atom. The first kappa shape index (κ1) is 21.0. The normalized spacial score (nSPS) is 15.6. The fraction of sp³-hybridized carbons (Fsp3) is 0.160. The molecular weight excluding hydrogens is 442 g/mol. The summed E-state index contributed by atoms with van der Waals surface area (Å²) in [4.78, 5) is 18.8. The zero-order valence-corrected chi connectivity index (χ0v) is 18.5. The Labute approximate surface area is 195 Å². The van der Waals surface area contributed by atoms with Crippen LogP contribution in [0, 0.1) is 0 Å². The number of methoxy groups -OCH3 is 1. The average Bonchev–Trinajstić information content (AvgIpc) is 3.47. The van der Waals surface area contributed by atoms with Gasteiger partial charge in [0, 0.05) is 29.2 Å². The summed E-state index contributed by atoms with van der Waals surface area (Å²) in [5.74, 6) is 2.91. The van der Waals surface area contributed by atoms with Gasteiger partial charge in [-0.3, -0.25) is 4.79 Å². The molecule has 0 bridgehead atoms. The van der Waals surface area contributed by atoms with E-state index in [0.29, 0.717) is 41.2 Å². The third-order valence-electron chi connectivity index (χ3n) is 5.44. The fourth-order valence-electron chi connectivity index (χ4n) is 3.74. The quantitative estimate of drug-likeness (QED) is 0.366. The molecule has 0 radical (unpaired) electrons. The molecule has 1 aromatic heterocycles. The molecule has 8 heteroatoms. The van der Waals surface area contributed by atoms with E-state index >= 15 is 0 Å². The molecular formula is C25H20ClN3O4. The largest absolute Gasteiger partial charge is 0.497 e. The molecule has 1 fully saturated rings. The van der Waals surface area contributed by atoms with Gasteiger partial charge in [0.1, 0.15) is 17.2 Å². The van der Waals surface area contributed by atoms with Crippen LogP contribution in [-0.2, 0) is 4.79 Å². The van der Waals surface area contributed by atoms with Crippen molar-refractivity contribution >= 4 is 23.2 Å². The molecule has 3 aromatic carbocycles. The highest BCUT2D eigenvalue weighted by atomic mass is 35.5. The third kappa shape index (κ3) is 4.54. The van der Waals surface area contributed by atoms with E-state index < -0.39 is 0 Å². The van der Waals surface area contributed by atoms with E-state index in [0.717, 1.165) is 17.0 Å². The van der Waals surface area contributed by atoms with Crippen molar-refractivity contribution in [1.82, 2.24) is 10.1 Å². The zero-order valence-electron chi connectivity index (χ0n) is 17.8. The maximum Gasteiger partial charge on any atom is 0.232 e. The van der Waals surface area contributed by atoms with Crippen LogP contribution in [0.1, 0.15) is 18.2 Å². The molecule has 1 aliphatic heterocycles. The second-order valence-electron chi connectivity index (χ2n) is 7.64. The number of amides is 1. The van der Waals surface area contributed by atoms with Crippen LogP contribution >= 0.6 is 11.6 Å². The van der Waals surface area contributed by atoms with Crippen molar-refractivity contribution in [3.05, 3.63) is 83.7 Å². The lowest BCUT2D eigenvalue weighted by atomic mass is 10.1. The molecule has 1 amide bonds. The topological polar surface area (TPSA) is 77.7 Å². The highest BCUT2D eigenvalue weighted by molar-refractivity contribution is 6.30. The molecule has 0 unspecified atom stereocenters. The summed E-state index contributed by atoms with van der Waals surface area (Å²) in [5.41, 5.74) is 1.56. The molecule has 166 valence electrons. The summed E-state index contributed by atoms with van der Waals surface area (Å²) in [6.07, 6.45) is 0.308. The molecule has 0 N–H and O–H groups in total. The molecule has 7 nitrogen and oxygen atoms in total. The van der Waals surface area contributed by atoms with Gasteiger partial charge in [0.05, 0.1) is 13.0 Å². The zero-order chi connectivity index (χ0) is 22.8. The van der Waals surface area contributed by atoms with Gasteiger partial charge in [0.2, 0.25) is 17.6 Å². The van der Waals surface area contributed by atoms with Crippen LogP contribution < -0.4 is 14.4 Å². The van der Waals surface area contributed by atoms with E-state index in [2.05, 4.69) is 10.1 Å². The van der Waals surface area contributed by atoms with Gasteiger partial charge < -0.3 is 18.9 Å². The Hall–Kier alpha value is -3.84. The summed E-state index contributed by atoms with van der Waals surface area (Å²) in [6.45, 7) is 0.468. The first-order chi connectivity index (χ1) is 16.1. The molecule has 1 atom stereocenters. The number of hydrogen-bond acceptors (Lipinski definition) is 6. The number of aromatic nitrogens is 2. The summed E-state index contributed by atoms with van der Waals surface area (Å²) in [7, 11) is 1.62. The molecule has 4 aromatic rings. The molecule has 0 aliphatic carbocycles. The number of carbonyl (C=O) groups excluding carboxylic acids is 1. The van der Waals surface area contributed by atoms with E-state index in [4.69, 9.17) is 25.6 Å². The van der Waals surface area contributed by atoms with E-state index in [1.54, 1.807) is 24.1 Å². The van der Waals surface area contributed by atoms with Crippen LogP contribution in [0.2, 0.25) is 5.02 Å². The number of benzene rings is 3. The number of hydrogen-bond donors (Lipinski definition) is 0. The van der Waals surface area contributed by atoms with Crippen LogP contribution in [0.25, 0.3) is 11.4 Å². The van der Waals surface area contributed by atoms with Crippen molar-refractivity contribution in [1.29, 1.82) is 0 Å². The number of halogens is 1. The summed E-state index contributed by atoms with van der Waals surface area (Å²) < 4.78 is 16.5. The molecule has 5 rings (SSSR count). The maximum atomic E-state index is 12.5. The minimum Gasteiger partial charge on any atom is -0.497 e. The third-order valence-corrected chi connectivity index (χ3v) is 5.68. The molecule has 2 heterocycles. The van der Waals surface area contributed by atoms with Crippen molar-refractivity contribution < 1.29 is 18.8 Å². The van der Waals surface area contributed by atoms with Gasteiger partial charge in [0.25, 0.3) is 0 Å². The van der Waals surface area contributed by atoms with Crippen LogP contribution in [0.15, 0.2) is 77.3 Å². The van der Waals surface area contributed by atoms with Gasteiger partial charge >= 0.3 is 0 Å². The second-order valence-corrected chi connectivity index (χ2v) is 8.08. The first-order valence-electron chi connectivity index (χ1n) is 10.4. The number of anilines is 1. The molecule has 33 heavy (non-hydrogen) atoms. The lowest BCUT2D eigenvalue weighted by molar-refractivity contribution is -0.117. The highest BCUT2D eigenvalue weighted by Gasteiger charge is 2.35. The summed E-state index contributed by atoms with van der Waals surface area (Å²) in [6, 6.07) is 22.0. The SMILES string of the molecule is COc1ccc(Oc2ccc(-c3noc([C@@H]4CC(=O)N(c5cccc(Cl)c5)C4)n3)cc2)cc1.